The molecule has 0 saturated carbocycles. The number of imide groups is 1. The lowest BCUT2D eigenvalue weighted by atomic mass is 10.2. The fourth-order valence-electron chi connectivity index (χ4n) is 2.23. The molecule has 0 aromatic heterocycles. The van der Waals surface area contributed by atoms with Crippen molar-refractivity contribution in [1.29, 1.82) is 0 Å². The Kier molecular flexibility index (Phi) is 4.41. The standard InChI is InChI=1S/C17H12ClNO3S/c1-22-14-8-3-2-5-11(14)9-15-16(20)19(17(21)23-15)13-7-4-6-12(18)10-13/h2-10H,1H3/b15-9+. The molecule has 2 aromatic rings. The van der Waals surface area contributed by atoms with E-state index in [1.54, 1.807) is 43.5 Å². The summed E-state index contributed by atoms with van der Waals surface area (Å²) in [4.78, 5) is 26.2. The van der Waals surface area contributed by atoms with Crippen LogP contribution in [0.1, 0.15) is 5.56 Å². The van der Waals surface area contributed by atoms with Gasteiger partial charge in [0.05, 0.1) is 17.7 Å². The van der Waals surface area contributed by atoms with Crippen molar-refractivity contribution in [2.45, 2.75) is 0 Å². The third-order valence-electron chi connectivity index (χ3n) is 3.29. The van der Waals surface area contributed by atoms with Crippen LogP contribution in [0.15, 0.2) is 53.4 Å². The number of hydrogen-bond acceptors (Lipinski definition) is 4. The summed E-state index contributed by atoms with van der Waals surface area (Å²) in [5, 5.41) is 0.119. The van der Waals surface area contributed by atoms with Crippen LogP contribution < -0.4 is 9.64 Å². The maximum absolute atomic E-state index is 12.6. The number of para-hydroxylation sites is 1. The Morgan fingerprint density at radius 3 is 2.65 bits per heavy atom. The average molecular weight is 346 g/mol. The molecular weight excluding hydrogens is 334 g/mol. The minimum atomic E-state index is -0.367. The van der Waals surface area contributed by atoms with Crippen LogP contribution in [0.4, 0.5) is 10.5 Å². The van der Waals surface area contributed by atoms with Crippen molar-refractivity contribution >= 4 is 46.3 Å². The average Bonchev–Trinajstić information content (AvgIpc) is 2.82. The van der Waals surface area contributed by atoms with Crippen LogP contribution in [0.25, 0.3) is 6.08 Å². The maximum atomic E-state index is 12.6. The van der Waals surface area contributed by atoms with Gasteiger partial charge in [0.25, 0.3) is 11.1 Å². The van der Waals surface area contributed by atoms with E-state index >= 15 is 0 Å². The van der Waals surface area contributed by atoms with E-state index in [9.17, 15) is 9.59 Å². The van der Waals surface area contributed by atoms with Gasteiger partial charge in [0.15, 0.2) is 0 Å². The normalized spacial score (nSPS) is 16.3. The fraction of sp³-hybridized carbons (Fsp3) is 0.0588. The predicted octanol–water partition coefficient (Wildman–Crippen LogP) is 4.59. The summed E-state index contributed by atoms with van der Waals surface area (Å²) in [6.07, 6.45) is 1.66. The Hall–Kier alpha value is -2.24. The van der Waals surface area contributed by atoms with Crippen LogP contribution in [-0.2, 0) is 4.79 Å². The van der Waals surface area contributed by atoms with Gasteiger partial charge in [-0.05, 0) is 42.1 Å². The Morgan fingerprint density at radius 2 is 1.91 bits per heavy atom. The number of thioether (sulfide) groups is 1. The number of ether oxygens (including phenoxy) is 1. The summed E-state index contributed by atoms with van der Waals surface area (Å²) in [7, 11) is 1.56. The molecular formula is C17H12ClNO3S. The highest BCUT2D eigenvalue weighted by molar-refractivity contribution is 8.19. The quantitative estimate of drug-likeness (QED) is 0.763. The molecule has 0 unspecified atom stereocenters. The Bertz CT molecular complexity index is 819. The first-order valence-corrected chi connectivity index (χ1v) is 7.96. The monoisotopic (exact) mass is 345 g/mol. The number of methoxy groups -OCH3 is 1. The number of halogens is 1. The number of rotatable bonds is 3. The second-order valence-corrected chi connectivity index (χ2v) is 6.17. The number of carbonyl (C=O) groups excluding carboxylic acids is 2. The van der Waals surface area contributed by atoms with E-state index in [2.05, 4.69) is 0 Å². The highest BCUT2D eigenvalue weighted by Crippen LogP contribution is 2.37. The highest BCUT2D eigenvalue weighted by Gasteiger charge is 2.36. The number of amides is 2. The molecule has 1 fully saturated rings. The molecule has 23 heavy (non-hydrogen) atoms. The molecule has 0 N–H and O–H groups in total. The van der Waals surface area contributed by atoms with Crippen molar-refractivity contribution in [3.8, 4) is 5.75 Å². The summed E-state index contributed by atoms with van der Waals surface area (Å²) in [5.74, 6) is 0.273. The molecule has 1 aliphatic heterocycles. The van der Waals surface area contributed by atoms with Crippen molar-refractivity contribution < 1.29 is 14.3 Å². The zero-order valence-electron chi connectivity index (χ0n) is 12.2. The highest BCUT2D eigenvalue weighted by atomic mass is 35.5. The van der Waals surface area contributed by atoms with Crippen LogP contribution in [0, 0.1) is 0 Å². The molecule has 0 spiro atoms. The number of hydrogen-bond donors (Lipinski definition) is 0. The van der Waals surface area contributed by atoms with Crippen LogP contribution in [0.2, 0.25) is 5.02 Å². The summed E-state index contributed by atoms with van der Waals surface area (Å²) < 4.78 is 5.26. The van der Waals surface area contributed by atoms with Gasteiger partial charge in [0.1, 0.15) is 5.75 Å². The van der Waals surface area contributed by atoms with Crippen molar-refractivity contribution in [2.75, 3.05) is 12.0 Å². The summed E-state index contributed by atoms with van der Waals surface area (Å²) >= 11 is 6.83. The number of anilines is 1. The van der Waals surface area contributed by atoms with E-state index < -0.39 is 0 Å². The molecule has 4 nitrogen and oxygen atoms in total. The molecule has 0 aliphatic carbocycles. The molecule has 0 bridgehead atoms. The molecule has 1 aliphatic rings. The van der Waals surface area contributed by atoms with Gasteiger partial charge < -0.3 is 4.74 Å². The van der Waals surface area contributed by atoms with Crippen LogP contribution in [0.3, 0.4) is 0 Å². The first kappa shape index (κ1) is 15.6. The van der Waals surface area contributed by atoms with E-state index in [0.717, 1.165) is 22.2 Å². The third-order valence-corrected chi connectivity index (χ3v) is 4.39. The lowest BCUT2D eigenvalue weighted by Gasteiger charge is -2.12. The Labute approximate surface area is 142 Å². The molecule has 116 valence electrons. The largest absolute Gasteiger partial charge is 0.496 e. The fourth-order valence-corrected chi connectivity index (χ4v) is 3.25. The first-order valence-electron chi connectivity index (χ1n) is 6.76. The van der Waals surface area contributed by atoms with Crippen molar-refractivity contribution in [3.05, 3.63) is 64.0 Å². The van der Waals surface area contributed by atoms with E-state index in [4.69, 9.17) is 16.3 Å². The Balaban J connectivity index is 1.97. The summed E-state index contributed by atoms with van der Waals surface area (Å²) in [6.45, 7) is 0. The summed E-state index contributed by atoms with van der Waals surface area (Å²) in [6, 6.07) is 14.0. The lowest BCUT2D eigenvalue weighted by molar-refractivity contribution is -0.113. The van der Waals surface area contributed by atoms with Gasteiger partial charge in [-0.2, -0.15) is 0 Å². The number of nitrogens with zero attached hydrogens (tertiary/aromatic N) is 1. The molecule has 0 radical (unpaired) electrons. The van der Waals surface area contributed by atoms with Gasteiger partial charge in [-0.3, -0.25) is 9.59 Å². The van der Waals surface area contributed by atoms with Gasteiger partial charge in [0, 0.05) is 10.6 Å². The maximum Gasteiger partial charge on any atom is 0.298 e. The molecule has 2 amide bonds. The third kappa shape index (κ3) is 3.11. The molecule has 1 heterocycles. The van der Waals surface area contributed by atoms with Gasteiger partial charge in [-0.1, -0.05) is 35.9 Å². The smallest absolute Gasteiger partial charge is 0.298 e. The second kappa shape index (κ2) is 6.48. The van der Waals surface area contributed by atoms with Gasteiger partial charge in [-0.15, -0.1) is 0 Å². The van der Waals surface area contributed by atoms with Gasteiger partial charge >= 0.3 is 0 Å². The van der Waals surface area contributed by atoms with E-state index in [0.29, 0.717) is 21.4 Å². The first-order chi connectivity index (χ1) is 11.1. The van der Waals surface area contributed by atoms with Crippen LogP contribution in [0.5, 0.6) is 5.75 Å². The predicted molar refractivity (Wildman–Crippen MR) is 92.9 cm³/mol. The molecule has 1 saturated heterocycles. The topological polar surface area (TPSA) is 46.6 Å². The van der Waals surface area contributed by atoms with Crippen molar-refractivity contribution in [2.24, 2.45) is 0 Å². The number of carbonyl (C=O) groups is 2. The zero-order chi connectivity index (χ0) is 16.4. The van der Waals surface area contributed by atoms with E-state index in [1.165, 1.54) is 0 Å². The SMILES string of the molecule is COc1ccccc1/C=C1/SC(=O)N(c2cccc(Cl)c2)C1=O. The van der Waals surface area contributed by atoms with Crippen LogP contribution in [-0.4, -0.2) is 18.3 Å². The Morgan fingerprint density at radius 1 is 1.13 bits per heavy atom. The molecule has 3 rings (SSSR count). The second-order valence-electron chi connectivity index (χ2n) is 4.74. The van der Waals surface area contributed by atoms with Crippen LogP contribution >= 0.6 is 23.4 Å². The van der Waals surface area contributed by atoms with Gasteiger partial charge in [-0.25, -0.2) is 4.90 Å². The lowest BCUT2D eigenvalue weighted by Crippen LogP contribution is -2.27. The number of benzene rings is 2. The van der Waals surface area contributed by atoms with Crippen molar-refractivity contribution in [1.82, 2.24) is 0 Å². The van der Waals surface area contributed by atoms with Gasteiger partial charge in [0.2, 0.25) is 0 Å². The molecule has 2 aromatic carbocycles. The van der Waals surface area contributed by atoms with E-state index in [1.807, 2.05) is 18.2 Å². The summed E-state index contributed by atoms with van der Waals surface area (Å²) in [5.41, 5.74) is 1.20. The van der Waals surface area contributed by atoms with E-state index in [-0.39, 0.29) is 11.1 Å². The minimum Gasteiger partial charge on any atom is -0.496 e. The zero-order valence-corrected chi connectivity index (χ0v) is 13.7. The molecule has 6 heteroatoms. The molecule has 0 atom stereocenters. The van der Waals surface area contributed by atoms with Crippen molar-refractivity contribution in [3.63, 3.8) is 0 Å². The minimum absolute atomic E-state index is 0.347.